The van der Waals surface area contributed by atoms with E-state index < -0.39 is 0 Å². The maximum absolute atomic E-state index is 12.2. The number of halogens is 2. The molecule has 1 aromatic carbocycles. The van der Waals surface area contributed by atoms with Gasteiger partial charge in [-0.25, -0.2) is 0 Å². The maximum atomic E-state index is 12.2. The van der Waals surface area contributed by atoms with Crippen LogP contribution in [0.2, 0.25) is 10.0 Å². The zero-order chi connectivity index (χ0) is 14.5. The molecule has 0 N–H and O–H groups in total. The van der Waals surface area contributed by atoms with Crippen molar-refractivity contribution < 1.29 is 9.53 Å². The second kappa shape index (κ2) is 7.41. The normalized spacial score (nSPS) is 19.3. The first-order valence-corrected chi connectivity index (χ1v) is 7.56. The van der Waals surface area contributed by atoms with Crippen LogP contribution in [0.4, 0.5) is 0 Å². The lowest BCUT2D eigenvalue weighted by molar-refractivity contribution is 0.0416. The number of benzene rings is 1. The molecular formula is C15H19Cl2NO2. The van der Waals surface area contributed by atoms with Gasteiger partial charge in [-0.2, -0.15) is 0 Å². The van der Waals surface area contributed by atoms with E-state index in [0.717, 1.165) is 26.2 Å². The molecule has 1 atom stereocenters. The summed E-state index contributed by atoms with van der Waals surface area (Å²) in [5.41, 5.74) is 0.530. The summed E-state index contributed by atoms with van der Waals surface area (Å²) in [6.07, 6.45) is 2.27. The zero-order valence-electron chi connectivity index (χ0n) is 11.6. The summed E-state index contributed by atoms with van der Waals surface area (Å²) in [5.74, 6) is 0.535. The number of likely N-dealkylation sites (N-methyl/N-ethyl adjacent to an activating group) is 1. The summed E-state index contributed by atoms with van der Waals surface area (Å²) in [7, 11) is 1.95. The maximum Gasteiger partial charge on any atom is 0.178 e. The van der Waals surface area contributed by atoms with Gasteiger partial charge >= 0.3 is 0 Å². The molecule has 110 valence electrons. The minimum Gasteiger partial charge on any atom is -0.381 e. The summed E-state index contributed by atoms with van der Waals surface area (Å²) in [6.45, 7) is 2.88. The van der Waals surface area contributed by atoms with E-state index in [-0.39, 0.29) is 5.78 Å². The van der Waals surface area contributed by atoms with Crippen molar-refractivity contribution in [2.75, 3.05) is 33.4 Å². The van der Waals surface area contributed by atoms with Gasteiger partial charge in [0.15, 0.2) is 5.78 Å². The number of rotatable bonds is 5. The lowest BCUT2D eigenvalue weighted by atomic mass is 10.0. The van der Waals surface area contributed by atoms with Gasteiger partial charge in [-0.3, -0.25) is 9.69 Å². The van der Waals surface area contributed by atoms with Crippen molar-refractivity contribution in [1.29, 1.82) is 0 Å². The Hall–Kier alpha value is -0.610. The average molecular weight is 316 g/mol. The number of ether oxygens (including phenoxy) is 1. The smallest absolute Gasteiger partial charge is 0.178 e. The molecule has 0 amide bonds. The largest absolute Gasteiger partial charge is 0.381 e. The Morgan fingerprint density at radius 2 is 2.25 bits per heavy atom. The second-order valence-corrected chi connectivity index (χ2v) is 6.17. The molecular weight excluding hydrogens is 297 g/mol. The summed E-state index contributed by atoms with van der Waals surface area (Å²) < 4.78 is 5.46. The fourth-order valence-electron chi connectivity index (χ4n) is 2.50. The van der Waals surface area contributed by atoms with Gasteiger partial charge in [0.25, 0.3) is 0 Å². The first-order chi connectivity index (χ1) is 9.56. The van der Waals surface area contributed by atoms with Crippen LogP contribution in [0.3, 0.4) is 0 Å². The lowest BCUT2D eigenvalue weighted by Gasteiger charge is -2.26. The van der Waals surface area contributed by atoms with Crippen LogP contribution in [0.1, 0.15) is 23.2 Å². The molecule has 20 heavy (non-hydrogen) atoms. The first-order valence-electron chi connectivity index (χ1n) is 6.81. The lowest BCUT2D eigenvalue weighted by Crippen LogP contribution is -2.34. The highest BCUT2D eigenvalue weighted by Gasteiger charge is 2.18. The predicted molar refractivity (Wildman–Crippen MR) is 81.8 cm³/mol. The van der Waals surface area contributed by atoms with Gasteiger partial charge < -0.3 is 4.74 Å². The predicted octanol–water partition coefficient (Wildman–Crippen LogP) is 3.53. The Bertz CT molecular complexity index is 473. The van der Waals surface area contributed by atoms with Crippen LogP contribution in [0, 0.1) is 5.92 Å². The molecule has 0 spiro atoms. The molecule has 1 fully saturated rings. The number of ketones is 1. The minimum absolute atomic E-state index is 0.0193. The van der Waals surface area contributed by atoms with Gasteiger partial charge in [0.2, 0.25) is 0 Å². The molecule has 1 aliphatic heterocycles. The Balaban J connectivity index is 1.89. The molecule has 1 unspecified atom stereocenters. The number of nitrogens with zero attached hydrogens (tertiary/aromatic N) is 1. The van der Waals surface area contributed by atoms with Crippen molar-refractivity contribution in [3.05, 3.63) is 33.8 Å². The Labute approximate surface area is 129 Å². The fraction of sp³-hybridized carbons (Fsp3) is 0.533. The highest BCUT2D eigenvalue weighted by Crippen LogP contribution is 2.22. The highest BCUT2D eigenvalue weighted by molar-refractivity contribution is 6.36. The van der Waals surface area contributed by atoms with E-state index >= 15 is 0 Å². The molecule has 0 aromatic heterocycles. The van der Waals surface area contributed by atoms with Crippen LogP contribution in [-0.2, 0) is 4.74 Å². The van der Waals surface area contributed by atoms with Crippen molar-refractivity contribution in [3.8, 4) is 0 Å². The SMILES string of the molecule is CN(CC(=O)c1ccc(Cl)cc1Cl)CC1CCCOC1. The van der Waals surface area contributed by atoms with Crippen LogP contribution in [-0.4, -0.2) is 44.0 Å². The third kappa shape index (κ3) is 4.45. The molecule has 0 bridgehead atoms. The summed E-state index contributed by atoms with van der Waals surface area (Å²) in [4.78, 5) is 14.3. The molecule has 1 heterocycles. The summed E-state index contributed by atoms with van der Waals surface area (Å²) in [6, 6.07) is 4.98. The average Bonchev–Trinajstić information content (AvgIpc) is 2.39. The fourth-order valence-corrected chi connectivity index (χ4v) is 3.02. The quantitative estimate of drug-likeness (QED) is 0.778. The van der Waals surface area contributed by atoms with Crippen molar-refractivity contribution in [2.45, 2.75) is 12.8 Å². The van der Waals surface area contributed by atoms with Crippen LogP contribution < -0.4 is 0 Å². The van der Waals surface area contributed by atoms with Gasteiger partial charge in [-0.05, 0) is 44.0 Å². The third-order valence-electron chi connectivity index (χ3n) is 3.47. The van der Waals surface area contributed by atoms with Crippen molar-refractivity contribution in [3.63, 3.8) is 0 Å². The zero-order valence-corrected chi connectivity index (χ0v) is 13.1. The van der Waals surface area contributed by atoms with Gasteiger partial charge in [-0.1, -0.05) is 23.2 Å². The molecule has 0 aliphatic carbocycles. The number of hydrogen-bond acceptors (Lipinski definition) is 3. The van der Waals surface area contributed by atoms with Crippen LogP contribution in [0.15, 0.2) is 18.2 Å². The van der Waals surface area contributed by atoms with Crippen LogP contribution >= 0.6 is 23.2 Å². The van der Waals surface area contributed by atoms with E-state index in [1.165, 1.54) is 6.42 Å². The van der Waals surface area contributed by atoms with E-state index in [1.807, 2.05) is 11.9 Å². The molecule has 3 nitrogen and oxygen atoms in total. The van der Waals surface area contributed by atoms with E-state index in [2.05, 4.69) is 0 Å². The monoisotopic (exact) mass is 315 g/mol. The Kier molecular flexibility index (Phi) is 5.85. The molecule has 0 saturated carbocycles. The molecule has 2 rings (SSSR count). The topological polar surface area (TPSA) is 29.5 Å². The van der Waals surface area contributed by atoms with Gasteiger partial charge in [0.1, 0.15) is 0 Å². The van der Waals surface area contributed by atoms with Crippen LogP contribution in [0.5, 0.6) is 0 Å². The number of carbonyl (C=O) groups is 1. The van der Waals surface area contributed by atoms with Crippen molar-refractivity contribution in [2.24, 2.45) is 5.92 Å². The van der Waals surface area contributed by atoms with E-state index in [4.69, 9.17) is 27.9 Å². The van der Waals surface area contributed by atoms with Gasteiger partial charge in [-0.15, -0.1) is 0 Å². The molecule has 0 radical (unpaired) electrons. The highest BCUT2D eigenvalue weighted by atomic mass is 35.5. The molecule has 1 aliphatic rings. The van der Waals surface area contributed by atoms with Gasteiger partial charge in [0.05, 0.1) is 18.2 Å². The summed E-state index contributed by atoms with van der Waals surface area (Å²) >= 11 is 11.9. The first kappa shape index (κ1) is 15.8. The van der Waals surface area contributed by atoms with E-state index in [9.17, 15) is 4.79 Å². The second-order valence-electron chi connectivity index (χ2n) is 5.33. The standard InChI is InChI=1S/C15H19Cl2NO2/c1-18(8-11-3-2-6-20-10-11)9-15(19)13-5-4-12(16)7-14(13)17/h4-5,7,11H,2-3,6,8-10H2,1H3. The Morgan fingerprint density at radius 3 is 2.90 bits per heavy atom. The van der Waals surface area contributed by atoms with E-state index in [1.54, 1.807) is 18.2 Å². The van der Waals surface area contributed by atoms with Crippen molar-refractivity contribution >= 4 is 29.0 Å². The van der Waals surface area contributed by atoms with Gasteiger partial charge in [0, 0.05) is 23.7 Å². The van der Waals surface area contributed by atoms with Crippen LogP contribution in [0.25, 0.3) is 0 Å². The molecule has 5 heteroatoms. The summed E-state index contributed by atoms with van der Waals surface area (Å²) in [5, 5.41) is 0.955. The minimum atomic E-state index is 0.0193. The van der Waals surface area contributed by atoms with Crippen molar-refractivity contribution in [1.82, 2.24) is 4.90 Å². The number of carbonyl (C=O) groups excluding carboxylic acids is 1. The Morgan fingerprint density at radius 1 is 1.45 bits per heavy atom. The molecule has 1 aromatic rings. The van der Waals surface area contributed by atoms with E-state index in [0.29, 0.717) is 28.1 Å². The third-order valence-corrected chi connectivity index (χ3v) is 4.02. The molecule has 1 saturated heterocycles. The number of Topliss-reactive ketones (excluding diaryl/α,β-unsaturated/α-hetero) is 1. The number of hydrogen-bond donors (Lipinski definition) is 0.